The average molecular weight is 445 g/mol. The molecule has 33 heavy (non-hydrogen) atoms. The number of fused-ring (bicyclic) bond motifs is 3. The molecular formula is C26H28N4O3. The van der Waals surface area contributed by atoms with Crippen LogP contribution in [0.5, 0.6) is 5.75 Å². The largest absolute Gasteiger partial charge is 0.482 e. The SMILES string of the molecule is Cc1cc2c(cc1CC(C#N)NC(=O)[C@@H]1CNCCCO1)OC(C)(C)c1cc(C#N)ccc1-2. The number of amides is 1. The number of ether oxygens (including phenoxy) is 2. The van der Waals surface area contributed by atoms with Gasteiger partial charge >= 0.3 is 0 Å². The fourth-order valence-electron chi connectivity index (χ4n) is 4.42. The van der Waals surface area contributed by atoms with Crippen LogP contribution in [-0.2, 0) is 21.6 Å². The molecule has 2 aliphatic rings. The summed E-state index contributed by atoms with van der Waals surface area (Å²) in [6.07, 6.45) is 0.634. The zero-order chi connectivity index (χ0) is 23.6. The summed E-state index contributed by atoms with van der Waals surface area (Å²) in [6.45, 7) is 7.74. The van der Waals surface area contributed by atoms with Gasteiger partial charge in [-0.2, -0.15) is 10.5 Å². The van der Waals surface area contributed by atoms with Gasteiger partial charge in [0.2, 0.25) is 0 Å². The first-order valence-electron chi connectivity index (χ1n) is 11.2. The molecule has 0 saturated carbocycles. The predicted molar refractivity (Wildman–Crippen MR) is 123 cm³/mol. The normalized spacial score (nSPS) is 19.5. The molecule has 7 nitrogen and oxygen atoms in total. The van der Waals surface area contributed by atoms with Gasteiger partial charge in [0.1, 0.15) is 23.5 Å². The van der Waals surface area contributed by atoms with Gasteiger partial charge in [-0.05, 0) is 74.7 Å². The third kappa shape index (κ3) is 4.71. The van der Waals surface area contributed by atoms with Gasteiger partial charge in [0, 0.05) is 30.7 Å². The topological polar surface area (TPSA) is 107 Å². The highest BCUT2D eigenvalue weighted by Gasteiger charge is 2.33. The van der Waals surface area contributed by atoms with Crippen molar-refractivity contribution < 1.29 is 14.3 Å². The highest BCUT2D eigenvalue weighted by Crippen LogP contribution is 2.46. The second-order valence-corrected chi connectivity index (χ2v) is 9.07. The average Bonchev–Trinajstić information content (AvgIpc) is 3.09. The van der Waals surface area contributed by atoms with E-state index in [2.05, 4.69) is 28.8 Å². The molecule has 0 bridgehead atoms. The Labute approximate surface area is 194 Å². The number of carbonyl (C=O) groups excluding carboxylic acids is 1. The van der Waals surface area contributed by atoms with E-state index in [1.165, 1.54) is 0 Å². The van der Waals surface area contributed by atoms with Gasteiger partial charge in [0.05, 0.1) is 17.7 Å². The summed E-state index contributed by atoms with van der Waals surface area (Å²) in [5.41, 5.74) is 4.92. The monoisotopic (exact) mass is 444 g/mol. The van der Waals surface area contributed by atoms with E-state index in [4.69, 9.17) is 9.47 Å². The van der Waals surface area contributed by atoms with Crippen molar-refractivity contribution in [3.63, 3.8) is 0 Å². The molecule has 0 spiro atoms. The van der Waals surface area contributed by atoms with Crippen LogP contribution in [0.4, 0.5) is 0 Å². The van der Waals surface area contributed by atoms with Crippen molar-refractivity contribution in [1.82, 2.24) is 10.6 Å². The fraction of sp³-hybridized carbons (Fsp3) is 0.423. The Morgan fingerprint density at radius 2 is 2.09 bits per heavy atom. The van der Waals surface area contributed by atoms with Gasteiger partial charge in [-0.1, -0.05) is 6.07 Å². The third-order valence-electron chi connectivity index (χ3n) is 6.23. The molecule has 2 aromatic carbocycles. The molecular weight excluding hydrogens is 416 g/mol. The number of hydrogen-bond donors (Lipinski definition) is 2. The first-order valence-corrected chi connectivity index (χ1v) is 11.2. The van der Waals surface area contributed by atoms with E-state index in [1.807, 2.05) is 45.0 Å². The van der Waals surface area contributed by atoms with Crippen molar-refractivity contribution >= 4 is 5.91 Å². The molecule has 2 aromatic rings. The van der Waals surface area contributed by atoms with Crippen molar-refractivity contribution in [3.8, 4) is 29.0 Å². The first-order chi connectivity index (χ1) is 15.8. The summed E-state index contributed by atoms with van der Waals surface area (Å²) in [5.74, 6) is 0.461. The maximum Gasteiger partial charge on any atom is 0.251 e. The van der Waals surface area contributed by atoms with Gasteiger partial charge in [-0.15, -0.1) is 0 Å². The predicted octanol–water partition coefficient (Wildman–Crippen LogP) is 3.09. The third-order valence-corrected chi connectivity index (χ3v) is 6.23. The highest BCUT2D eigenvalue weighted by molar-refractivity contribution is 5.82. The summed E-state index contributed by atoms with van der Waals surface area (Å²) in [4.78, 5) is 12.6. The van der Waals surface area contributed by atoms with Crippen molar-refractivity contribution in [3.05, 3.63) is 52.6 Å². The molecule has 170 valence electrons. The summed E-state index contributed by atoms with van der Waals surface area (Å²) in [6, 6.07) is 13.4. The van der Waals surface area contributed by atoms with Gasteiger partial charge in [0.25, 0.3) is 5.91 Å². The van der Waals surface area contributed by atoms with Crippen LogP contribution in [-0.4, -0.2) is 37.7 Å². The van der Waals surface area contributed by atoms with E-state index in [1.54, 1.807) is 0 Å². The van der Waals surface area contributed by atoms with Crippen molar-refractivity contribution in [2.75, 3.05) is 19.7 Å². The Bertz CT molecular complexity index is 1150. The second-order valence-electron chi connectivity index (χ2n) is 9.07. The summed E-state index contributed by atoms with van der Waals surface area (Å²) in [5, 5.41) is 25.0. The Morgan fingerprint density at radius 3 is 2.85 bits per heavy atom. The number of aryl methyl sites for hydroxylation is 1. The van der Waals surface area contributed by atoms with Gasteiger partial charge in [-0.3, -0.25) is 4.79 Å². The van der Waals surface area contributed by atoms with Gasteiger partial charge in [0.15, 0.2) is 0 Å². The Kier molecular flexibility index (Phi) is 6.37. The van der Waals surface area contributed by atoms with Crippen LogP contribution in [0.15, 0.2) is 30.3 Å². The Morgan fingerprint density at radius 1 is 1.27 bits per heavy atom. The molecule has 1 fully saturated rings. The van der Waals surface area contributed by atoms with Crippen LogP contribution in [0.1, 0.15) is 42.5 Å². The lowest BCUT2D eigenvalue weighted by molar-refractivity contribution is -0.132. The lowest BCUT2D eigenvalue weighted by atomic mass is 9.83. The molecule has 0 aromatic heterocycles. The highest BCUT2D eigenvalue weighted by atomic mass is 16.5. The van der Waals surface area contributed by atoms with E-state index in [0.717, 1.165) is 46.5 Å². The standard InChI is InChI=1S/C26H28N4O3/c1-16-9-21-20-6-5-17(13-27)10-22(20)26(2,3)33-23(21)12-18(16)11-19(14-28)30-25(31)24-15-29-7-4-8-32-24/h5-6,9-10,12,19,24,29H,4,7-8,11,15H2,1-3H3,(H,30,31)/t19?,24-/m0/s1. The lowest BCUT2D eigenvalue weighted by Crippen LogP contribution is -2.46. The molecule has 1 unspecified atom stereocenters. The van der Waals surface area contributed by atoms with Gasteiger partial charge in [-0.25, -0.2) is 0 Å². The minimum atomic E-state index is -0.678. The minimum Gasteiger partial charge on any atom is -0.482 e. The van der Waals surface area contributed by atoms with Gasteiger partial charge < -0.3 is 20.1 Å². The van der Waals surface area contributed by atoms with Crippen molar-refractivity contribution in [1.29, 1.82) is 10.5 Å². The minimum absolute atomic E-state index is 0.272. The molecule has 2 aliphatic heterocycles. The maximum absolute atomic E-state index is 12.6. The molecule has 1 saturated heterocycles. The van der Waals surface area contributed by atoms with Crippen LogP contribution in [0, 0.1) is 29.6 Å². The van der Waals surface area contributed by atoms with Crippen LogP contribution >= 0.6 is 0 Å². The van der Waals surface area contributed by atoms with Crippen LogP contribution < -0.4 is 15.4 Å². The summed E-state index contributed by atoms with van der Waals surface area (Å²) >= 11 is 0. The first kappa shape index (κ1) is 22.8. The smallest absolute Gasteiger partial charge is 0.251 e. The number of nitriles is 2. The fourth-order valence-corrected chi connectivity index (χ4v) is 4.42. The molecule has 1 amide bonds. The number of hydrogen-bond acceptors (Lipinski definition) is 6. The molecule has 4 rings (SSSR count). The summed E-state index contributed by atoms with van der Waals surface area (Å²) in [7, 11) is 0. The Balaban J connectivity index is 1.58. The molecule has 2 N–H and O–H groups in total. The zero-order valence-electron chi connectivity index (χ0n) is 19.2. The van der Waals surface area contributed by atoms with Crippen LogP contribution in [0.2, 0.25) is 0 Å². The number of nitrogens with one attached hydrogen (secondary N) is 2. The zero-order valence-corrected chi connectivity index (χ0v) is 19.2. The number of rotatable bonds is 4. The Hall–Kier alpha value is -3.39. The van der Waals surface area contributed by atoms with E-state index in [-0.39, 0.29) is 5.91 Å². The number of nitrogens with zero attached hydrogens (tertiary/aromatic N) is 2. The maximum atomic E-state index is 12.6. The van der Waals surface area contributed by atoms with Crippen LogP contribution in [0.25, 0.3) is 11.1 Å². The van der Waals surface area contributed by atoms with E-state index in [0.29, 0.717) is 25.1 Å². The van der Waals surface area contributed by atoms with E-state index >= 15 is 0 Å². The molecule has 2 heterocycles. The summed E-state index contributed by atoms with van der Waals surface area (Å²) < 4.78 is 11.9. The molecule has 0 aliphatic carbocycles. The van der Waals surface area contributed by atoms with Crippen molar-refractivity contribution in [2.24, 2.45) is 0 Å². The number of carbonyl (C=O) groups is 1. The lowest BCUT2D eigenvalue weighted by Gasteiger charge is -2.35. The van der Waals surface area contributed by atoms with E-state index in [9.17, 15) is 15.3 Å². The molecule has 0 radical (unpaired) electrons. The molecule has 2 atom stereocenters. The van der Waals surface area contributed by atoms with Crippen molar-refractivity contribution in [2.45, 2.75) is 51.4 Å². The second kappa shape index (κ2) is 9.23. The van der Waals surface area contributed by atoms with E-state index < -0.39 is 17.7 Å². The number of benzene rings is 2. The van der Waals surface area contributed by atoms with Crippen LogP contribution in [0.3, 0.4) is 0 Å². The quantitative estimate of drug-likeness (QED) is 0.750. The molecule has 7 heteroatoms.